The van der Waals surface area contributed by atoms with Gasteiger partial charge in [-0.05, 0) is 141 Å². The maximum atomic E-state index is 12.1. The molecule has 316 valence electrons. The number of nitrogens with zero attached hydrogens (tertiary/aromatic N) is 3. The van der Waals surface area contributed by atoms with Gasteiger partial charge in [0.15, 0.2) is 0 Å². The Morgan fingerprint density at radius 2 is 0.776 bits per heavy atom. The number of rotatable bonds is 7. The van der Waals surface area contributed by atoms with Crippen LogP contribution in [0.5, 0.6) is 0 Å². The summed E-state index contributed by atoms with van der Waals surface area (Å²) < 4.78 is 4.68. The van der Waals surface area contributed by atoms with E-state index in [-0.39, 0.29) is 10.6 Å². The Morgan fingerprint density at radius 3 is 1.24 bits per heavy atom. The van der Waals surface area contributed by atoms with Crippen molar-refractivity contribution in [1.29, 1.82) is 0 Å². The number of hydrogen-bond donors (Lipinski definition) is 1. The first-order valence-electron chi connectivity index (χ1n) is 22.5. The normalized spacial score (nSPS) is 12.8. The van der Waals surface area contributed by atoms with Crippen LogP contribution in [0.4, 0.5) is 11.4 Å². The number of nitro benzene ring substituents is 1. The number of benzene rings is 10. The molecule has 6 heteroatoms. The molecule has 0 amide bonds. The van der Waals surface area contributed by atoms with E-state index in [1.165, 1.54) is 21.5 Å². The van der Waals surface area contributed by atoms with E-state index in [0.717, 1.165) is 89.1 Å². The summed E-state index contributed by atoms with van der Waals surface area (Å²) in [5.41, 5.74) is 23.8. The minimum absolute atomic E-state index is 0.0445. The van der Waals surface area contributed by atoms with E-state index < -0.39 is 5.41 Å². The third-order valence-corrected chi connectivity index (χ3v) is 14.0. The van der Waals surface area contributed by atoms with Crippen LogP contribution in [0.3, 0.4) is 0 Å². The second kappa shape index (κ2) is 14.8. The molecule has 0 unspecified atom stereocenters. The lowest BCUT2D eigenvalue weighted by Crippen LogP contribution is -2.28. The summed E-state index contributed by atoms with van der Waals surface area (Å²) in [6.07, 6.45) is 0. The molecular formula is C61H40N4O2. The van der Waals surface area contributed by atoms with Gasteiger partial charge in [0, 0.05) is 50.7 Å². The number of nitrogen functional groups attached to an aromatic ring is 1. The van der Waals surface area contributed by atoms with Crippen molar-refractivity contribution < 1.29 is 4.92 Å². The Balaban J connectivity index is 1.04. The van der Waals surface area contributed by atoms with Crippen molar-refractivity contribution in [1.82, 2.24) is 9.13 Å². The van der Waals surface area contributed by atoms with Gasteiger partial charge in [-0.2, -0.15) is 0 Å². The third-order valence-electron chi connectivity index (χ3n) is 14.0. The zero-order valence-electron chi connectivity index (χ0n) is 36.2. The lowest BCUT2D eigenvalue weighted by molar-refractivity contribution is -0.384. The summed E-state index contributed by atoms with van der Waals surface area (Å²) in [5.74, 6) is 0. The van der Waals surface area contributed by atoms with Gasteiger partial charge in [0.25, 0.3) is 5.69 Å². The van der Waals surface area contributed by atoms with E-state index in [1.807, 2.05) is 24.3 Å². The van der Waals surface area contributed by atoms with E-state index in [4.69, 9.17) is 5.73 Å². The molecule has 0 aliphatic heterocycles. The highest BCUT2D eigenvalue weighted by atomic mass is 16.6. The van der Waals surface area contributed by atoms with Gasteiger partial charge < -0.3 is 14.9 Å². The number of nitrogens with two attached hydrogens (primary N) is 1. The molecule has 0 fully saturated rings. The van der Waals surface area contributed by atoms with Crippen molar-refractivity contribution in [2.45, 2.75) is 5.41 Å². The van der Waals surface area contributed by atoms with Crippen molar-refractivity contribution in [2.75, 3.05) is 5.73 Å². The zero-order chi connectivity index (χ0) is 44.8. The molecule has 12 aromatic rings. The predicted molar refractivity (Wildman–Crippen MR) is 274 cm³/mol. The minimum Gasteiger partial charge on any atom is -0.399 e. The van der Waals surface area contributed by atoms with E-state index in [0.29, 0.717) is 5.69 Å². The summed E-state index contributed by atoms with van der Waals surface area (Å²) in [5, 5.41) is 16.9. The highest BCUT2D eigenvalue weighted by Crippen LogP contribution is 2.58. The van der Waals surface area contributed by atoms with Gasteiger partial charge in [0.1, 0.15) is 0 Å². The fraction of sp³-hybridized carbons (Fsp3) is 0.0164. The molecule has 0 saturated heterocycles. The maximum Gasteiger partial charge on any atom is 0.269 e. The van der Waals surface area contributed by atoms with Gasteiger partial charge in [-0.1, -0.05) is 133 Å². The molecule has 0 radical (unpaired) electrons. The number of non-ortho nitro benzene ring substituents is 1. The first-order valence-corrected chi connectivity index (χ1v) is 22.5. The largest absolute Gasteiger partial charge is 0.399 e. The lowest BCUT2D eigenvalue weighted by atomic mass is 9.67. The number of anilines is 1. The smallest absolute Gasteiger partial charge is 0.269 e. The van der Waals surface area contributed by atoms with E-state index in [2.05, 4.69) is 203 Å². The summed E-state index contributed by atoms with van der Waals surface area (Å²) in [7, 11) is 0. The van der Waals surface area contributed by atoms with Crippen molar-refractivity contribution in [3.05, 3.63) is 263 Å². The first kappa shape index (κ1) is 38.5. The van der Waals surface area contributed by atoms with Crippen LogP contribution in [0.25, 0.3) is 88.4 Å². The molecule has 1 aliphatic carbocycles. The van der Waals surface area contributed by atoms with Crippen LogP contribution in [0.15, 0.2) is 231 Å². The van der Waals surface area contributed by atoms with Gasteiger partial charge in [0.2, 0.25) is 0 Å². The van der Waals surface area contributed by atoms with Crippen molar-refractivity contribution in [2.24, 2.45) is 0 Å². The highest BCUT2D eigenvalue weighted by molar-refractivity contribution is 6.12. The van der Waals surface area contributed by atoms with Crippen LogP contribution in [0.1, 0.15) is 22.3 Å². The van der Waals surface area contributed by atoms with Crippen molar-refractivity contribution >= 4 is 55.0 Å². The summed E-state index contributed by atoms with van der Waals surface area (Å²) in [6, 6.07) is 80.8. The van der Waals surface area contributed by atoms with Crippen LogP contribution < -0.4 is 5.73 Å². The summed E-state index contributed by atoms with van der Waals surface area (Å²) >= 11 is 0. The molecule has 0 spiro atoms. The average molecular weight is 861 g/mol. The fourth-order valence-corrected chi connectivity index (χ4v) is 11.1. The molecule has 0 atom stereocenters. The average Bonchev–Trinajstić information content (AvgIpc) is 4.00. The van der Waals surface area contributed by atoms with Crippen LogP contribution in [0, 0.1) is 10.1 Å². The number of aromatic nitrogens is 2. The highest BCUT2D eigenvalue weighted by Gasteiger charge is 2.47. The SMILES string of the molecule is Nc1ccc(C2(c3ccc([N+](=O)[O-])cc3)c3cc(-c4ccc5c(c4)c4ccccc4n5-c4ccccc4)ccc3-c3ccc(-c4ccc5c(c4)c4ccccc4n5-c4ccccc4)cc32)cc1. The Kier molecular flexibility index (Phi) is 8.48. The number of hydrogen-bond acceptors (Lipinski definition) is 3. The molecule has 0 bridgehead atoms. The van der Waals surface area contributed by atoms with E-state index in [1.54, 1.807) is 12.1 Å². The predicted octanol–water partition coefficient (Wildman–Crippen LogP) is 15.1. The third kappa shape index (κ3) is 5.76. The second-order valence-corrected chi connectivity index (χ2v) is 17.5. The molecule has 2 N–H and O–H groups in total. The maximum absolute atomic E-state index is 12.1. The zero-order valence-corrected chi connectivity index (χ0v) is 36.2. The lowest BCUT2D eigenvalue weighted by Gasteiger charge is -2.34. The quantitative estimate of drug-likeness (QED) is 0.0985. The standard InChI is InChI=1S/C61H40N4O2/c62-45-27-23-43(24-28-45)61(44-25-29-48(30-26-44)65(66)67)55-37-41(39-21-33-59-53(35-39)51-15-7-9-17-57(51)63(59)46-11-3-1-4-12-46)19-31-49(55)50-32-20-42(38-56(50)61)40-22-34-60-54(36-40)52-16-8-10-18-58(52)64(60)47-13-5-2-6-14-47/h1-38H,62H2. The van der Waals surface area contributed by atoms with Crippen LogP contribution in [0.2, 0.25) is 0 Å². The van der Waals surface area contributed by atoms with Gasteiger partial charge in [-0.25, -0.2) is 0 Å². The Bertz CT molecular complexity index is 3740. The van der Waals surface area contributed by atoms with Crippen molar-refractivity contribution in [3.63, 3.8) is 0 Å². The van der Waals surface area contributed by atoms with Gasteiger partial charge in [0.05, 0.1) is 32.4 Å². The van der Waals surface area contributed by atoms with E-state index in [9.17, 15) is 10.1 Å². The molecule has 13 rings (SSSR count). The Labute approximate surface area is 386 Å². The summed E-state index contributed by atoms with van der Waals surface area (Å²) in [4.78, 5) is 11.8. The molecule has 67 heavy (non-hydrogen) atoms. The molecule has 0 saturated carbocycles. The van der Waals surface area contributed by atoms with E-state index >= 15 is 0 Å². The molecule has 6 nitrogen and oxygen atoms in total. The molecular weight excluding hydrogens is 821 g/mol. The number of para-hydroxylation sites is 4. The number of fused-ring (bicyclic) bond motifs is 9. The second-order valence-electron chi connectivity index (χ2n) is 17.5. The van der Waals surface area contributed by atoms with Crippen LogP contribution in [-0.4, -0.2) is 14.1 Å². The fourth-order valence-electron chi connectivity index (χ4n) is 11.1. The Morgan fingerprint density at radius 1 is 0.388 bits per heavy atom. The molecule has 2 aromatic heterocycles. The summed E-state index contributed by atoms with van der Waals surface area (Å²) in [6.45, 7) is 0. The molecule has 10 aromatic carbocycles. The first-order chi connectivity index (χ1) is 33.0. The molecule has 2 heterocycles. The van der Waals surface area contributed by atoms with Gasteiger partial charge in [-0.3, -0.25) is 10.1 Å². The topological polar surface area (TPSA) is 79.0 Å². The van der Waals surface area contributed by atoms with Gasteiger partial charge in [-0.15, -0.1) is 0 Å². The van der Waals surface area contributed by atoms with Crippen molar-refractivity contribution in [3.8, 4) is 44.8 Å². The monoisotopic (exact) mass is 860 g/mol. The van der Waals surface area contributed by atoms with Crippen LogP contribution in [-0.2, 0) is 5.41 Å². The minimum atomic E-state index is -0.861. The van der Waals surface area contributed by atoms with Crippen LogP contribution >= 0.6 is 0 Å². The number of nitro groups is 1. The molecule has 1 aliphatic rings. The van der Waals surface area contributed by atoms with Gasteiger partial charge >= 0.3 is 0 Å². The Hall–Kier alpha value is -9.00.